The number of rotatable bonds is 5. The van der Waals surface area contributed by atoms with Gasteiger partial charge in [-0.3, -0.25) is 0 Å². The van der Waals surface area contributed by atoms with Gasteiger partial charge >= 0.3 is 0 Å². The van der Waals surface area contributed by atoms with E-state index >= 15 is 0 Å². The van der Waals surface area contributed by atoms with Crippen molar-refractivity contribution in [2.75, 3.05) is 7.05 Å². The largest absolute Gasteiger partial charge is 0.489 e. The molecule has 1 N–H and O–H groups in total. The first-order valence-corrected chi connectivity index (χ1v) is 7.68. The van der Waals surface area contributed by atoms with Gasteiger partial charge in [0.05, 0.1) is 0 Å². The number of ether oxygens (including phenoxy) is 1. The molecule has 0 heterocycles. The van der Waals surface area contributed by atoms with E-state index in [1.165, 1.54) is 0 Å². The second-order valence-electron chi connectivity index (χ2n) is 4.72. The number of hydrogen-bond acceptors (Lipinski definition) is 2. The molecule has 0 aliphatic carbocycles. The SMILES string of the molecule is CNC(C)c1cc(Cl)ccc1OCc1cc(Cl)ccc1Cl. The molecule has 2 aromatic rings. The average molecular weight is 345 g/mol. The molecule has 0 radical (unpaired) electrons. The van der Waals surface area contributed by atoms with Crippen LogP contribution in [0.5, 0.6) is 5.75 Å². The van der Waals surface area contributed by atoms with E-state index in [2.05, 4.69) is 5.32 Å². The van der Waals surface area contributed by atoms with E-state index in [9.17, 15) is 0 Å². The molecule has 0 bridgehead atoms. The van der Waals surface area contributed by atoms with E-state index in [-0.39, 0.29) is 6.04 Å². The molecule has 2 aromatic carbocycles. The third-order valence-corrected chi connectivity index (χ3v) is 4.10. The van der Waals surface area contributed by atoms with Crippen molar-refractivity contribution in [3.8, 4) is 5.75 Å². The van der Waals surface area contributed by atoms with Crippen LogP contribution in [-0.4, -0.2) is 7.05 Å². The first-order valence-electron chi connectivity index (χ1n) is 6.54. The lowest BCUT2D eigenvalue weighted by Crippen LogP contribution is -2.13. The van der Waals surface area contributed by atoms with E-state index in [1.807, 2.05) is 32.2 Å². The Hall–Kier alpha value is -0.930. The lowest BCUT2D eigenvalue weighted by Gasteiger charge is -2.17. The van der Waals surface area contributed by atoms with Crippen molar-refractivity contribution in [3.63, 3.8) is 0 Å². The van der Waals surface area contributed by atoms with Crippen molar-refractivity contribution in [3.05, 3.63) is 62.6 Å². The highest BCUT2D eigenvalue weighted by Gasteiger charge is 2.12. The molecule has 0 aromatic heterocycles. The molecule has 0 saturated heterocycles. The van der Waals surface area contributed by atoms with Crippen LogP contribution in [0.25, 0.3) is 0 Å². The Morgan fingerprint density at radius 3 is 2.43 bits per heavy atom. The molecular weight excluding hydrogens is 329 g/mol. The van der Waals surface area contributed by atoms with Crippen LogP contribution in [0.1, 0.15) is 24.1 Å². The van der Waals surface area contributed by atoms with Crippen LogP contribution in [0.3, 0.4) is 0 Å². The monoisotopic (exact) mass is 343 g/mol. The molecule has 0 fully saturated rings. The fourth-order valence-corrected chi connectivity index (χ4v) is 2.50. The van der Waals surface area contributed by atoms with Gasteiger partial charge in [0.1, 0.15) is 12.4 Å². The van der Waals surface area contributed by atoms with Gasteiger partial charge < -0.3 is 10.1 Å². The summed E-state index contributed by atoms with van der Waals surface area (Å²) in [4.78, 5) is 0. The first-order chi connectivity index (χ1) is 10.0. The predicted molar refractivity (Wildman–Crippen MR) is 89.7 cm³/mol. The maximum Gasteiger partial charge on any atom is 0.124 e. The number of benzene rings is 2. The molecule has 0 aliphatic heterocycles. The first kappa shape index (κ1) is 16.4. The van der Waals surface area contributed by atoms with Gasteiger partial charge in [-0.05, 0) is 50.4 Å². The van der Waals surface area contributed by atoms with Crippen molar-refractivity contribution in [2.24, 2.45) is 0 Å². The van der Waals surface area contributed by atoms with Gasteiger partial charge in [-0.25, -0.2) is 0 Å². The van der Waals surface area contributed by atoms with E-state index < -0.39 is 0 Å². The van der Waals surface area contributed by atoms with E-state index in [4.69, 9.17) is 39.5 Å². The molecule has 21 heavy (non-hydrogen) atoms. The molecule has 0 aliphatic rings. The highest BCUT2D eigenvalue weighted by Crippen LogP contribution is 2.30. The highest BCUT2D eigenvalue weighted by molar-refractivity contribution is 6.33. The smallest absolute Gasteiger partial charge is 0.124 e. The molecule has 5 heteroatoms. The molecule has 0 amide bonds. The van der Waals surface area contributed by atoms with Gasteiger partial charge in [0.2, 0.25) is 0 Å². The molecule has 1 unspecified atom stereocenters. The normalized spacial score (nSPS) is 12.2. The Balaban J connectivity index is 2.21. The molecule has 1 atom stereocenters. The summed E-state index contributed by atoms with van der Waals surface area (Å²) in [6.45, 7) is 2.40. The van der Waals surface area contributed by atoms with Gasteiger partial charge in [0, 0.05) is 32.2 Å². The second kappa shape index (κ2) is 7.37. The second-order valence-corrected chi connectivity index (χ2v) is 6.00. The number of halogens is 3. The van der Waals surface area contributed by atoms with Crippen LogP contribution in [0.4, 0.5) is 0 Å². The van der Waals surface area contributed by atoms with Gasteiger partial charge in [-0.1, -0.05) is 34.8 Å². The third-order valence-electron chi connectivity index (χ3n) is 3.26. The van der Waals surface area contributed by atoms with Gasteiger partial charge in [-0.15, -0.1) is 0 Å². The summed E-state index contributed by atoms with van der Waals surface area (Å²) >= 11 is 18.2. The van der Waals surface area contributed by atoms with Crippen LogP contribution in [0, 0.1) is 0 Å². The summed E-state index contributed by atoms with van der Waals surface area (Å²) in [5.74, 6) is 0.775. The zero-order valence-electron chi connectivity index (χ0n) is 11.8. The zero-order chi connectivity index (χ0) is 15.4. The summed E-state index contributed by atoms with van der Waals surface area (Å²) in [5, 5.41) is 5.14. The van der Waals surface area contributed by atoms with Gasteiger partial charge in [-0.2, -0.15) is 0 Å². The Bertz CT molecular complexity index is 631. The van der Waals surface area contributed by atoms with Gasteiger partial charge in [0.25, 0.3) is 0 Å². The van der Waals surface area contributed by atoms with Crippen molar-refractivity contribution in [2.45, 2.75) is 19.6 Å². The maximum atomic E-state index is 6.15. The highest BCUT2D eigenvalue weighted by atomic mass is 35.5. The topological polar surface area (TPSA) is 21.3 Å². The Labute approximate surface area is 140 Å². The zero-order valence-corrected chi connectivity index (χ0v) is 14.1. The number of hydrogen-bond donors (Lipinski definition) is 1. The van der Waals surface area contributed by atoms with Crippen LogP contribution in [-0.2, 0) is 6.61 Å². The van der Waals surface area contributed by atoms with Crippen LogP contribution in [0.15, 0.2) is 36.4 Å². The summed E-state index contributed by atoms with van der Waals surface area (Å²) < 4.78 is 5.90. The van der Waals surface area contributed by atoms with Crippen molar-refractivity contribution in [1.82, 2.24) is 5.32 Å². The summed E-state index contributed by atoms with van der Waals surface area (Å²) in [7, 11) is 1.89. The fourth-order valence-electron chi connectivity index (χ4n) is 1.95. The standard InChI is InChI=1S/C16H16Cl3NO/c1-10(20-2)14-8-13(18)4-6-16(14)21-9-11-7-12(17)3-5-15(11)19/h3-8,10,20H,9H2,1-2H3. The van der Waals surface area contributed by atoms with Crippen molar-refractivity contribution >= 4 is 34.8 Å². The summed E-state index contributed by atoms with van der Waals surface area (Å²) in [5.41, 5.74) is 1.85. The fraction of sp³-hybridized carbons (Fsp3) is 0.250. The Kier molecular flexibility index (Phi) is 5.77. The molecule has 0 saturated carbocycles. The lowest BCUT2D eigenvalue weighted by atomic mass is 10.1. The summed E-state index contributed by atoms with van der Waals surface area (Å²) in [6, 6.07) is 11.0. The Morgan fingerprint density at radius 1 is 1.05 bits per heavy atom. The molecular formula is C16H16Cl3NO. The lowest BCUT2D eigenvalue weighted by molar-refractivity contribution is 0.300. The van der Waals surface area contributed by atoms with E-state index in [0.717, 1.165) is 16.9 Å². The quantitative estimate of drug-likeness (QED) is 0.772. The van der Waals surface area contributed by atoms with Crippen LogP contribution >= 0.6 is 34.8 Å². The minimum absolute atomic E-state index is 0.133. The average Bonchev–Trinajstić information content (AvgIpc) is 2.48. The Morgan fingerprint density at radius 2 is 1.71 bits per heavy atom. The van der Waals surface area contributed by atoms with Crippen LogP contribution < -0.4 is 10.1 Å². The molecule has 112 valence electrons. The van der Waals surface area contributed by atoms with Crippen LogP contribution in [0.2, 0.25) is 15.1 Å². The molecule has 0 spiro atoms. The molecule has 2 rings (SSSR count). The van der Waals surface area contributed by atoms with E-state index in [1.54, 1.807) is 18.2 Å². The minimum Gasteiger partial charge on any atom is -0.489 e. The van der Waals surface area contributed by atoms with Crippen molar-refractivity contribution < 1.29 is 4.74 Å². The minimum atomic E-state index is 0.133. The van der Waals surface area contributed by atoms with Crippen molar-refractivity contribution in [1.29, 1.82) is 0 Å². The predicted octanol–water partition coefficient (Wildman–Crippen LogP) is 5.51. The van der Waals surface area contributed by atoms with Gasteiger partial charge in [0.15, 0.2) is 0 Å². The third kappa shape index (κ3) is 4.27. The molecule has 2 nitrogen and oxygen atoms in total. The number of nitrogens with one attached hydrogen (secondary N) is 1. The van der Waals surface area contributed by atoms with E-state index in [0.29, 0.717) is 21.7 Å². The maximum absolute atomic E-state index is 6.15. The summed E-state index contributed by atoms with van der Waals surface area (Å²) in [6.07, 6.45) is 0.